The molecule has 4 rings (SSSR count). The summed E-state index contributed by atoms with van der Waals surface area (Å²) in [5.41, 5.74) is 2.83. The van der Waals surface area contributed by atoms with E-state index in [-0.39, 0.29) is 17.6 Å². The Morgan fingerprint density at radius 1 is 1.14 bits per heavy atom. The van der Waals surface area contributed by atoms with Gasteiger partial charge in [-0.15, -0.1) is 0 Å². The molecule has 1 N–H and O–H groups in total. The summed E-state index contributed by atoms with van der Waals surface area (Å²) in [6.07, 6.45) is 5.00. The predicted octanol–water partition coefficient (Wildman–Crippen LogP) is 3.27. The normalized spacial score (nSPS) is 23.1. The Labute approximate surface area is 128 Å². The van der Waals surface area contributed by atoms with Crippen LogP contribution in [-0.2, 0) is 4.79 Å². The lowest BCUT2D eigenvalue weighted by molar-refractivity contribution is -0.122. The summed E-state index contributed by atoms with van der Waals surface area (Å²) in [4.78, 5) is 16.4. The van der Waals surface area contributed by atoms with Crippen molar-refractivity contribution < 1.29 is 9.18 Å². The fourth-order valence-corrected chi connectivity index (χ4v) is 2.81. The largest absolute Gasteiger partial charge is 0.353 e. The van der Waals surface area contributed by atoms with Gasteiger partial charge in [-0.25, -0.2) is 4.39 Å². The maximum Gasteiger partial charge on any atom is 0.223 e. The quantitative estimate of drug-likeness (QED) is 0.941. The van der Waals surface area contributed by atoms with E-state index in [9.17, 15) is 9.18 Å². The van der Waals surface area contributed by atoms with Gasteiger partial charge in [0.15, 0.2) is 0 Å². The first-order chi connectivity index (χ1) is 10.7. The number of carbonyl (C=O) groups excluding carboxylic acids is 1. The Kier molecular flexibility index (Phi) is 3.17. The zero-order valence-corrected chi connectivity index (χ0v) is 12.1. The molecular formula is C18H17FN2O. The molecule has 0 spiro atoms. The molecule has 2 saturated carbocycles. The van der Waals surface area contributed by atoms with Crippen molar-refractivity contribution in [1.29, 1.82) is 0 Å². The molecule has 3 nitrogen and oxygen atoms in total. The van der Waals surface area contributed by atoms with Crippen LogP contribution in [0.4, 0.5) is 4.39 Å². The third kappa shape index (κ3) is 2.73. The molecule has 0 bridgehead atoms. The Bertz CT molecular complexity index is 692. The molecule has 1 heterocycles. The molecule has 4 heteroatoms. The van der Waals surface area contributed by atoms with Crippen LogP contribution >= 0.6 is 0 Å². The second-order valence-electron chi connectivity index (χ2n) is 6.22. The average Bonchev–Trinajstić information content (AvgIpc) is 3.42. The third-order valence-corrected chi connectivity index (χ3v) is 4.41. The van der Waals surface area contributed by atoms with Gasteiger partial charge in [0.05, 0.1) is 5.69 Å². The second kappa shape index (κ2) is 5.20. The van der Waals surface area contributed by atoms with Crippen LogP contribution in [0, 0.1) is 11.7 Å². The van der Waals surface area contributed by atoms with Crippen LogP contribution in [0.25, 0.3) is 11.3 Å². The molecule has 2 unspecified atom stereocenters. The van der Waals surface area contributed by atoms with Crippen molar-refractivity contribution in [2.24, 2.45) is 5.92 Å². The molecule has 1 aromatic heterocycles. The van der Waals surface area contributed by atoms with Crippen LogP contribution in [-0.4, -0.2) is 16.9 Å². The number of aromatic nitrogens is 1. The van der Waals surface area contributed by atoms with Gasteiger partial charge in [-0.1, -0.05) is 6.07 Å². The number of amides is 1. The minimum absolute atomic E-state index is 0.110. The van der Waals surface area contributed by atoms with Crippen molar-refractivity contribution >= 4 is 5.91 Å². The number of hydrogen-bond acceptors (Lipinski definition) is 2. The maximum absolute atomic E-state index is 12.9. The number of nitrogens with one attached hydrogen (secondary N) is 1. The van der Waals surface area contributed by atoms with Crippen molar-refractivity contribution in [1.82, 2.24) is 10.3 Å². The van der Waals surface area contributed by atoms with E-state index >= 15 is 0 Å². The van der Waals surface area contributed by atoms with Crippen molar-refractivity contribution in [2.75, 3.05) is 0 Å². The van der Waals surface area contributed by atoms with Crippen LogP contribution in [0.3, 0.4) is 0 Å². The Balaban J connectivity index is 1.44. The summed E-state index contributed by atoms with van der Waals surface area (Å²) >= 11 is 0. The predicted molar refractivity (Wildman–Crippen MR) is 81.6 cm³/mol. The van der Waals surface area contributed by atoms with E-state index < -0.39 is 0 Å². The maximum atomic E-state index is 12.9. The number of hydrogen-bond donors (Lipinski definition) is 1. The van der Waals surface area contributed by atoms with Crippen molar-refractivity contribution in [3.63, 3.8) is 0 Å². The topological polar surface area (TPSA) is 42.0 Å². The van der Waals surface area contributed by atoms with E-state index in [1.807, 2.05) is 18.3 Å². The molecule has 1 aromatic carbocycles. The molecule has 22 heavy (non-hydrogen) atoms. The highest BCUT2D eigenvalue weighted by molar-refractivity contribution is 5.83. The van der Waals surface area contributed by atoms with Gasteiger partial charge in [0.1, 0.15) is 5.82 Å². The van der Waals surface area contributed by atoms with E-state index in [0.29, 0.717) is 12.0 Å². The summed E-state index contributed by atoms with van der Waals surface area (Å²) in [6, 6.07) is 10.7. The van der Waals surface area contributed by atoms with Crippen LogP contribution in [0.5, 0.6) is 0 Å². The van der Waals surface area contributed by atoms with Crippen LogP contribution in [0.2, 0.25) is 0 Å². The monoisotopic (exact) mass is 296 g/mol. The van der Waals surface area contributed by atoms with Gasteiger partial charge >= 0.3 is 0 Å². The zero-order valence-electron chi connectivity index (χ0n) is 12.1. The van der Waals surface area contributed by atoms with E-state index in [1.54, 1.807) is 12.1 Å². The summed E-state index contributed by atoms with van der Waals surface area (Å²) < 4.78 is 12.9. The lowest BCUT2D eigenvalue weighted by Crippen LogP contribution is -2.27. The highest BCUT2D eigenvalue weighted by atomic mass is 19.1. The van der Waals surface area contributed by atoms with Gasteiger partial charge < -0.3 is 5.32 Å². The van der Waals surface area contributed by atoms with Crippen LogP contribution in [0.15, 0.2) is 42.6 Å². The van der Waals surface area contributed by atoms with Crippen molar-refractivity contribution in [3.05, 3.63) is 54.0 Å². The van der Waals surface area contributed by atoms with Gasteiger partial charge in [0.25, 0.3) is 0 Å². The standard InChI is InChI=1S/C18H17FN2O/c19-13-4-1-11(2-5-13)17-8-3-12(10-20-17)15-9-16(15)18(22)21-14-6-7-14/h1-5,8,10,14-16H,6-7,9H2,(H,21,22). The molecule has 2 atom stereocenters. The van der Waals surface area contributed by atoms with Gasteiger partial charge in [-0.2, -0.15) is 0 Å². The summed E-state index contributed by atoms with van der Waals surface area (Å²) in [5, 5.41) is 3.06. The van der Waals surface area contributed by atoms with E-state index in [2.05, 4.69) is 10.3 Å². The Morgan fingerprint density at radius 3 is 2.55 bits per heavy atom. The Morgan fingerprint density at radius 2 is 1.91 bits per heavy atom. The lowest BCUT2D eigenvalue weighted by atomic mass is 10.1. The molecule has 2 aliphatic rings. The molecule has 2 aromatic rings. The number of nitrogens with zero attached hydrogens (tertiary/aromatic N) is 1. The SMILES string of the molecule is O=C(NC1CC1)C1CC1c1ccc(-c2ccc(F)cc2)nc1. The van der Waals surface area contributed by atoms with Gasteiger partial charge in [0.2, 0.25) is 5.91 Å². The number of carbonyl (C=O) groups is 1. The summed E-state index contributed by atoms with van der Waals surface area (Å²) in [6.45, 7) is 0. The molecule has 0 aliphatic heterocycles. The molecule has 0 radical (unpaired) electrons. The number of halogens is 1. The number of rotatable bonds is 4. The first-order valence-corrected chi connectivity index (χ1v) is 7.73. The first-order valence-electron chi connectivity index (χ1n) is 7.73. The molecule has 1 amide bonds. The smallest absolute Gasteiger partial charge is 0.223 e. The fourth-order valence-electron chi connectivity index (χ4n) is 2.81. The van der Waals surface area contributed by atoms with Crippen LogP contribution in [0.1, 0.15) is 30.7 Å². The zero-order chi connectivity index (χ0) is 15.1. The lowest BCUT2D eigenvalue weighted by Gasteiger charge is -2.04. The molecule has 112 valence electrons. The molecular weight excluding hydrogens is 279 g/mol. The second-order valence-corrected chi connectivity index (χ2v) is 6.22. The average molecular weight is 296 g/mol. The third-order valence-electron chi connectivity index (χ3n) is 4.41. The minimum Gasteiger partial charge on any atom is -0.353 e. The number of pyridine rings is 1. The summed E-state index contributed by atoms with van der Waals surface area (Å²) in [7, 11) is 0. The highest BCUT2D eigenvalue weighted by Gasteiger charge is 2.45. The first kappa shape index (κ1) is 13.4. The van der Waals surface area contributed by atoms with E-state index in [1.165, 1.54) is 12.1 Å². The summed E-state index contributed by atoms with van der Waals surface area (Å²) in [5.74, 6) is 0.352. The van der Waals surface area contributed by atoms with E-state index in [4.69, 9.17) is 0 Å². The van der Waals surface area contributed by atoms with Crippen molar-refractivity contribution in [3.8, 4) is 11.3 Å². The fraction of sp³-hybridized carbons (Fsp3) is 0.333. The van der Waals surface area contributed by atoms with Crippen molar-refractivity contribution in [2.45, 2.75) is 31.2 Å². The van der Waals surface area contributed by atoms with Gasteiger partial charge in [-0.3, -0.25) is 9.78 Å². The van der Waals surface area contributed by atoms with Gasteiger partial charge in [-0.05, 0) is 61.1 Å². The minimum atomic E-state index is -0.247. The van der Waals surface area contributed by atoms with E-state index in [0.717, 1.165) is 36.1 Å². The highest BCUT2D eigenvalue weighted by Crippen LogP contribution is 2.47. The Hall–Kier alpha value is -2.23. The van der Waals surface area contributed by atoms with Gasteiger partial charge in [0, 0.05) is 23.7 Å². The molecule has 2 fully saturated rings. The molecule has 0 saturated heterocycles. The van der Waals surface area contributed by atoms with Crippen LogP contribution < -0.4 is 5.32 Å². The molecule has 2 aliphatic carbocycles. The number of benzene rings is 1.